The van der Waals surface area contributed by atoms with Gasteiger partial charge in [-0.05, 0) is 29.8 Å². The number of ether oxygens (including phenoxy) is 1. The molecule has 2 aromatic rings. The van der Waals surface area contributed by atoms with Crippen LogP contribution in [-0.2, 0) is 4.79 Å². The Labute approximate surface area is 110 Å². The molecule has 1 atom stereocenters. The number of anilines is 1. The standard InChI is InChI=1S/C14H14N2O3/c1-19-12-6-2-4-10(8-12)13(17)14(18)16-11-5-3-7-15-9-11/h2-9,13,17H,1H3,(H,16,18). The molecule has 0 spiro atoms. The van der Waals surface area contributed by atoms with Crippen molar-refractivity contribution in [1.29, 1.82) is 0 Å². The number of nitrogens with one attached hydrogen (secondary N) is 1. The molecular formula is C14H14N2O3. The fraction of sp³-hybridized carbons (Fsp3) is 0.143. The highest BCUT2D eigenvalue weighted by molar-refractivity contribution is 5.94. The second-order valence-electron chi connectivity index (χ2n) is 3.91. The maximum atomic E-state index is 11.9. The SMILES string of the molecule is COc1cccc(C(O)C(=O)Nc2cccnc2)c1. The molecule has 0 aliphatic carbocycles. The van der Waals surface area contributed by atoms with Crippen LogP contribution in [0.15, 0.2) is 48.8 Å². The van der Waals surface area contributed by atoms with Gasteiger partial charge in [-0.2, -0.15) is 0 Å². The van der Waals surface area contributed by atoms with Crippen LogP contribution in [0.4, 0.5) is 5.69 Å². The first kappa shape index (κ1) is 13.0. The summed E-state index contributed by atoms with van der Waals surface area (Å²) < 4.78 is 5.05. The van der Waals surface area contributed by atoms with Crippen LogP contribution >= 0.6 is 0 Å². The van der Waals surface area contributed by atoms with Gasteiger partial charge in [-0.25, -0.2) is 0 Å². The van der Waals surface area contributed by atoms with E-state index in [0.717, 1.165) is 0 Å². The number of methoxy groups -OCH3 is 1. The summed E-state index contributed by atoms with van der Waals surface area (Å²) in [6.07, 6.45) is 1.86. The summed E-state index contributed by atoms with van der Waals surface area (Å²) in [6.45, 7) is 0. The zero-order valence-corrected chi connectivity index (χ0v) is 10.4. The van der Waals surface area contributed by atoms with Gasteiger partial charge in [0.15, 0.2) is 6.10 Å². The third-order valence-corrected chi connectivity index (χ3v) is 2.59. The minimum Gasteiger partial charge on any atom is -0.497 e. The molecule has 2 N–H and O–H groups in total. The van der Waals surface area contributed by atoms with Crippen molar-refractivity contribution in [3.05, 3.63) is 54.4 Å². The normalized spacial score (nSPS) is 11.7. The molecule has 0 saturated carbocycles. The molecule has 2 rings (SSSR count). The summed E-state index contributed by atoms with van der Waals surface area (Å²) in [7, 11) is 1.53. The van der Waals surface area contributed by atoms with Gasteiger partial charge >= 0.3 is 0 Å². The van der Waals surface area contributed by atoms with E-state index in [1.54, 1.807) is 42.6 Å². The highest BCUT2D eigenvalue weighted by Crippen LogP contribution is 2.20. The van der Waals surface area contributed by atoms with Gasteiger partial charge in [0.25, 0.3) is 5.91 Å². The van der Waals surface area contributed by atoms with Crippen LogP contribution < -0.4 is 10.1 Å². The number of hydrogen-bond acceptors (Lipinski definition) is 4. The Morgan fingerprint density at radius 2 is 2.21 bits per heavy atom. The molecule has 5 heteroatoms. The monoisotopic (exact) mass is 258 g/mol. The molecule has 19 heavy (non-hydrogen) atoms. The molecule has 0 saturated heterocycles. The van der Waals surface area contributed by atoms with Crippen molar-refractivity contribution in [3.63, 3.8) is 0 Å². The summed E-state index contributed by atoms with van der Waals surface area (Å²) in [5.41, 5.74) is 1.01. The zero-order valence-electron chi connectivity index (χ0n) is 10.4. The van der Waals surface area contributed by atoms with Crippen LogP contribution in [0, 0.1) is 0 Å². The summed E-state index contributed by atoms with van der Waals surface area (Å²) in [5.74, 6) is 0.0759. The van der Waals surface area contributed by atoms with Crippen LogP contribution in [0.2, 0.25) is 0 Å². The van der Waals surface area contributed by atoms with Crippen molar-refractivity contribution in [2.75, 3.05) is 12.4 Å². The topological polar surface area (TPSA) is 71.5 Å². The largest absolute Gasteiger partial charge is 0.497 e. The van der Waals surface area contributed by atoms with Crippen molar-refractivity contribution in [2.24, 2.45) is 0 Å². The number of carbonyl (C=O) groups is 1. The Morgan fingerprint density at radius 3 is 2.89 bits per heavy atom. The van der Waals surface area contributed by atoms with Crippen LogP contribution in [0.25, 0.3) is 0 Å². The second-order valence-corrected chi connectivity index (χ2v) is 3.91. The molecule has 0 aliphatic heterocycles. The first-order valence-corrected chi connectivity index (χ1v) is 5.73. The van der Waals surface area contributed by atoms with Crippen molar-refractivity contribution in [2.45, 2.75) is 6.10 Å². The second kappa shape index (κ2) is 5.97. The van der Waals surface area contributed by atoms with E-state index in [1.807, 2.05) is 0 Å². The van der Waals surface area contributed by atoms with Crippen LogP contribution in [0.1, 0.15) is 11.7 Å². The van der Waals surface area contributed by atoms with Crippen molar-refractivity contribution < 1.29 is 14.6 Å². The number of benzene rings is 1. The molecular weight excluding hydrogens is 244 g/mol. The number of amides is 1. The van der Waals surface area contributed by atoms with E-state index in [1.165, 1.54) is 13.3 Å². The molecule has 5 nitrogen and oxygen atoms in total. The van der Waals surface area contributed by atoms with Crippen LogP contribution in [-0.4, -0.2) is 23.1 Å². The molecule has 1 amide bonds. The predicted octanol–water partition coefficient (Wildman–Crippen LogP) is 1.76. The van der Waals surface area contributed by atoms with Crippen molar-refractivity contribution in [1.82, 2.24) is 4.98 Å². The van der Waals surface area contributed by atoms with Gasteiger partial charge in [-0.15, -0.1) is 0 Å². The number of aliphatic hydroxyl groups excluding tert-OH is 1. The zero-order chi connectivity index (χ0) is 13.7. The van der Waals surface area contributed by atoms with E-state index < -0.39 is 12.0 Å². The number of hydrogen-bond donors (Lipinski definition) is 2. The Kier molecular flexibility index (Phi) is 4.10. The van der Waals surface area contributed by atoms with E-state index in [0.29, 0.717) is 17.0 Å². The lowest BCUT2D eigenvalue weighted by molar-refractivity contribution is -0.124. The lowest BCUT2D eigenvalue weighted by Crippen LogP contribution is -2.20. The number of aromatic nitrogens is 1. The minimum absolute atomic E-state index is 0.473. The van der Waals surface area contributed by atoms with E-state index in [4.69, 9.17) is 4.74 Å². The number of nitrogens with zero attached hydrogens (tertiary/aromatic N) is 1. The Balaban J connectivity index is 2.10. The number of rotatable bonds is 4. The quantitative estimate of drug-likeness (QED) is 0.876. The molecule has 98 valence electrons. The third-order valence-electron chi connectivity index (χ3n) is 2.59. The van der Waals surface area contributed by atoms with Gasteiger partial charge in [-0.3, -0.25) is 9.78 Å². The summed E-state index contributed by atoms with van der Waals surface area (Å²) in [5, 5.41) is 12.6. The minimum atomic E-state index is -1.25. The average Bonchev–Trinajstić information content (AvgIpc) is 2.47. The average molecular weight is 258 g/mol. The van der Waals surface area contributed by atoms with Gasteiger partial charge in [0, 0.05) is 6.20 Å². The Bertz CT molecular complexity index is 558. The Hall–Kier alpha value is -2.40. The molecule has 0 fully saturated rings. The maximum absolute atomic E-state index is 11.9. The van der Waals surface area contributed by atoms with E-state index in [2.05, 4.69) is 10.3 Å². The third kappa shape index (κ3) is 3.29. The molecule has 1 aromatic carbocycles. The van der Waals surface area contributed by atoms with Crippen molar-refractivity contribution in [3.8, 4) is 5.75 Å². The fourth-order valence-corrected chi connectivity index (χ4v) is 1.61. The van der Waals surface area contributed by atoms with Gasteiger partial charge in [0.2, 0.25) is 0 Å². The molecule has 1 heterocycles. The first-order chi connectivity index (χ1) is 9.20. The molecule has 0 aliphatic rings. The Morgan fingerprint density at radius 1 is 1.37 bits per heavy atom. The van der Waals surface area contributed by atoms with E-state index in [-0.39, 0.29) is 0 Å². The van der Waals surface area contributed by atoms with E-state index in [9.17, 15) is 9.90 Å². The summed E-state index contributed by atoms with van der Waals surface area (Å²) in [6, 6.07) is 10.1. The van der Waals surface area contributed by atoms with Gasteiger partial charge in [0.05, 0.1) is 19.0 Å². The number of pyridine rings is 1. The highest BCUT2D eigenvalue weighted by atomic mass is 16.5. The van der Waals surface area contributed by atoms with Gasteiger partial charge < -0.3 is 15.2 Å². The smallest absolute Gasteiger partial charge is 0.257 e. The maximum Gasteiger partial charge on any atom is 0.257 e. The first-order valence-electron chi connectivity index (χ1n) is 5.73. The van der Waals surface area contributed by atoms with Crippen LogP contribution in [0.3, 0.4) is 0 Å². The van der Waals surface area contributed by atoms with Crippen LogP contribution in [0.5, 0.6) is 5.75 Å². The molecule has 1 aromatic heterocycles. The molecule has 1 unspecified atom stereocenters. The predicted molar refractivity (Wildman–Crippen MR) is 70.8 cm³/mol. The lowest BCUT2D eigenvalue weighted by Gasteiger charge is -2.12. The molecule has 0 bridgehead atoms. The summed E-state index contributed by atoms with van der Waals surface area (Å²) >= 11 is 0. The van der Waals surface area contributed by atoms with Gasteiger partial charge in [-0.1, -0.05) is 12.1 Å². The fourth-order valence-electron chi connectivity index (χ4n) is 1.61. The summed E-state index contributed by atoms with van der Waals surface area (Å²) in [4.78, 5) is 15.8. The number of aliphatic hydroxyl groups is 1. The lowest BCUT2D eigenvalue weighted by atomic mass is 10.1. The number of carbonyl (C=O) groups excluding carboxylic acids is 1. The van der Waals surface area contributed by atoms with Crippen molar-refractivity contribution >= 4 is 11.6 Å². The van der Waals surface area contributed by atoms with Gasteiger partial charge in [0.1, 0.15) is 5.75 Å². The van der Waals surface area contributed by atoms with E-state index >= 15 is 0 Å². The molecule has 0 radical (unpaired) electrons. The highest BCUT2D eigenvalue weighted by Gasteiger charge is 2.17.